The number of rotatable bonds is 2. The Morgan fingerprint density at radius 1 is 1.60 bits per heavy atom. The van der Waals surface area contributed by atoms with Crippen molar-refractivity contribution >= 4 is 0 Å². The summed E-state index contributed by atoms with van der Waals surface area (Å²) >= 11 is 0. The van der Waals surface area contributed by atoms with Gasteiger partial charge in [-0.25, -0.2) is 0 Å². The summed E-state index contributed by atoms with van der Waals surface area (Å²) in [5.74, 6) is 0.917. The highest BCUT2D eigenvalue weighted by atomic mass is 16.6. The third-order valence-electron chi connectivity index (χ3n) is 2.25. The van der Waals surface area contributed by atoms with Crippen LogP contribution in [0.15, 0.2) is 0 Å². The number of ether oxygens (including phenoxy) is 1. The molecule has 0 radical (unpaired) electrons. The Morgan fingerprint density at radius 3 is 2.70 bits per heavy atom. The molecule has 1 fully saturated rings. The normalized spacial score (nSPS) is 40.5. The molecule has 0 saturated carbocycles. The molecule has 0 aromatic heterocycles. The Bertz CT molecular complexity index is 93.4. The van der Waals surface area contributed by atoms with Gasteiger partial charge in [0.1, 0.15) is 0 Å². The van der Waals surface area contributed by atoms with E-state index in [4.69, 9.17) is 4.74 Å². The van der Waals surface area contributed by atoms with Gasteiger partial charge in [-0.3, -0.25) is 0 Å². The Labute approximate surface area is 62.2 Å². The summed E-state index contributed by atoms with van der Waals surface area (Å²) in [6.07, 6.45) is 1.73. The molecule has 0 aromatic carbocycles. The quantitative estimate of drug-likeness (QED) is 0.634. The highest BCUT2D eigenvalue weighted by Crippen LogP contribution is 2.28. The number of aliphatic hydroxyl groups is 1. The number of hydrogen-bond acceptors (Lipinski definition) is 2. The zero-order valence-electron chi connectivity index (χ0n) is 6.71. The first-order chi connectivity index (χ1) is 4.75. The molecule has 0 amide bonds. The molecule has 60 valence electrons. The Morgan fingerprint density at radius 2 is 2.30 bits per heavy atom. The maximum Gasteiger partial charge on any atom is 0.157 e. The minimum Gasteiger partial charge on any atom is -0.368 e. The zero-order chi connectivity index (χ0) is 7.56. The molecule has 10 heavy (non-hydrogen) atoms. The highest BCUT2D eigenvalue weighted by Gasteiger charge is 2.31. The predicted molar refractivity (Wildman–Crippen MR) is 39.5 cm³/mol. The summed E-state index contributed by atoms with van der Waals surface area (Å²) in [4.78, 5) is 0. The van der Waals surface area contributed by atoms with Crippen LogP contribution in [0.2, 0.25) is 0 Å². The molecule has 2 heteroatoms. The van der Waals surface area contributed by atoms with Gasteiger partial charge in [0.05, 0.1) is 6.61 Å². The minimum absolute atomic E-state index is 0.380. The van der Waals surface area contributed by atoms with Gasteiger partial charge in [0.15, 0.2) is 6.29 Å². The van der Waals surface area contributed by atoms with E-state index in [0.29, 0.717) is 11.8 Å². The van der Waals surface area contributed by atoms with Crippen LogP contribution in [0.3, 0.4) is 0 Å². The molecule has 0 bridgehead atoms. The fraction of sp³-hybridized carbons (Fsp3) is 1.00. The summed E-state index contributed by atoms with van der Waals surface area (Å²) in [5.41, 5.74) is 0. The first-order valence-electron chi connectivity index (χ1n) is 4.05. The second-order valence-electron chi connectivity index (χ2n) is 3.15. The summed E-state index contributed by atoms with van der Waals surface area (Å²) in [7, 11) is 0. The van der Waals surface area contributed by atoms with E-state index in [9.17, 15) is 5.11 Å². The monoisotopic (exact) mass is 144 g/mol. The van der Waals surface area contributed by atoms with Crippen molar-refractivity contribution in [1.29, 1.82) is 0 Å². The van der Waals surface area contributed by atoms with Crippen LogP contribution in [0.1, 0.15) is 26.7 Å². The van der Waals surface area contributed by atoms with Crippen LogP contribution in [0.4, 0.5) is 0 Å². The highest BCUT2D eigenvalue weighted by molar-refractivity contribution is 4.74. The number of hydrogen-bond donors (Lipinski definition) is 1. The summed E-state index contributed by atoms with van der Waals surface area (Å²) in [6, 6.07) is 0. The minimum atomic E-state index is -0.491. The Balaban J connectivity index is 2.38. The third-order valence-corrected chi connectivity index (χ3v) is 2.25. The maximum atomic E-state index is 9.27. The molecule has 1 aliphatic rings. The molecule has 0 spiro atoms. The molecule has 1 heterocycles. The van der Waals surface area contributed by atoms with Crippen LogP contribution in [0.25, 0.3) is 0 Å². The van der Waals surface area contributed by atoms with Crippen molar-refractivity contribution in [2.45, 2.75) is 33.0 Å². The lowest BCUT2D eigenvalue weighted by molar-refractivity contribution is -0.0836. The van der Waals surface area contributed by atoms with Crippen LogP contribution >= 0.6 is 0 Å². The van der Waals surface area contributed by atoms with Gasteiger partial charge in [-0.15, -0.1) is 0 Å². The molecule has 1 aliphatic heterocycles. The van der Waals surface area contributed by atoms with Gasteiger partial charge >= 0.3 is 0 Å². The SMILES string of the molecule is CCCC1C(C)COC1O. The first kappa shape index (κ1) is 8.02. The Hall–Kier alpha value is -0.0800. The van der Waals surface area contributed by atoms with Crippen molar-refractivity contribution in [1.82, 2.24) is 0 Å². The van der Waals surface area contributed by atoms with E-state index in [1.807, 2.05) is 0 Å². The van der Waals surface area contributed by atoms with Crippen molar-refractivity contribution in [2.24, 2.45) is 11.8 Å². The van der Waals surface area contributed by atoms with Crippen molar-refractivity contribution in [3.63, 3.8) is 0 Å². The van der Waals surface area contributed by atoms with E-state index < -0.39 is 6.29 Å². The molecular formula is C8H16O2. The second-order valence-corrected chi connectivity index (χ2v) is 3.15. The van der Waals surface area contributed by atoms with E-state index >= 15 is 0 Å². The smallest absolute Gasteiger partial charge is 0.157 e. The van der Waals surface area contributed by atoms with Crippen LogP contribution < -0.4 is 0 Å². The van der Waals surface area contributed by atoms with Gasteiger partial charge in [0, 0.05) is 5.92 Å². The summed E-state index contributed by atoms with van der Waals surface area (Å²) < 4.78 is 5.09. The van der Waals surface area contributed by atoms with Gasteiger partial charge in [0.25, 0.3) is 0 Å². The molecule has 1 N–H and O–H groups in total. The lowest BCUT2D eigenvalue weighted by Crippen LogP contribution is -2.17. The summed E-state index contributed by atoms with van der Waals surface area (Å²) in [6.45, 7) is 5.00. The average molecular weight is 144 g/mol. The van der Waals surface area contributed by atoms with Crippen molar-refractivity contribution < 1.29 is 9.84 Å². The van der Waals surface area contributed by atoms with Gasteiger partial charge in [0.2, 0.25) is 0 Å². The van der Waals surface area contributed by atoms with Crippen LogP contribution in [0, 0.1) is 11.8 Å². The van der Waals surface area contributed by atoms with Crippen LogP contribution in [-0.4, -0.2) is 18.0 Å². The van der Waals surface area contributed by atoms with Crippen molar-refractivity contribution in [3.8, 4) is 0 Å². The van der Waals surface area contributed by atoms with Gasteiger partial charge in [-0.1, -0.05) is 20.3 Å². The van der Waals surface area contributed by atoms with E-state index in [2.05, 4.69) is 13.8 Å². The molecule has 1 saturated heterocycles. The van der Waals surface area contributed by atoms with Gasteiger partial charge < -0.3 is 9.84 Å². The molecule has 3 unspecified atom stereocenters. The van der Waals surface area contributed by atoms with Crippen LogP contribution in [-0.2, 0) is 4.74 Å². The molecule has 2 nitrogen and oxygen atoms in total. The standard InChI is InChI=1S/C8H16O2/c1-3-4-7-6(2)5-10-8(7)9/h6-9H,3-5H2,1-2H3. The first-order valence-corrected chi connectivity index (χ1v) is 4.05. The third kappa shape index (κ3) is 1.50. The molecule has 1 rings (SSSR count). The average Bonchev–Trinajstić information content (AvgIpc) is 2.20. The van der Waals surface area contributed by atoms with E-state index in [1.54, 1.807) is 0 Å². The molecule has 0 aromatic rings. The van der Waals surface area contributed by atoms with Crippen molar-refractivity contribution in [2.75, 3.05) is 6.61 Å². The zero-order valence-corrected chi connectivity index (χ0v) is 6.71. The van der Waals surface area contributed by atoms with E-state index in [1.165, 1.54) is 0 Å². The van der Waals surface area contributed by atoms with Crippen molar-refractivity contribution in [3.05, 3.63) is 0 Å². The number of aliphatic hydroxyl groups excluding tert-OH is 1. The largest absolute Gasteiger partial charge is 0.368 e. The fourth-order valence-corrected chi connectivity index (χ4v) is 1.54. The van der Waals surface area contributed by atoms with Gasteiger partial charge in [-0.2, -0.15) is 0 Å². The molecule has 0 aliphatic carbocycles. The fourth-order valence-electron chi connectivity index (χ4n) is 1.54. The lowest BCUT2D eigenvalue weighted by Gasteiger charge is -2.14. The van der Waals surface area contributed by atoms with Crippen LogP contribution in [0.5, 0.6) is 0 Å². The van der Waals surface area contributed by atoms with E-state index in [-0.39, 0.29) is 0 Å². The lowest BCUT2D eigenvalue weighted by atomic mass is 9.92. The molecular weight excluding hydrogens is 128 g/mol. The molecule has 3 atom stereocenters. The maximum absolute atomic E-state index is 9.27. The predicted octanol–water partition coefficient (Wildman–Crippen LogP) is 1.39. The second kappa shape index (κ2) is 3.35. The topological polar surface area (TPSA) is 29.5 Å². The van der Waals surface area contributed by atoms with Gasteiger partial charge in [-0.05, 0) is 12.3 Å². The summed E-state index contributed by atoms with van der Waals surface area (Å²) in [5, 5.41) is 9.27. The Kier molecular flexibility index (Phi) is 2.69. The van der Waals surface area contributed by atoms with E-state index in [0.717, 1.165) is 19.4 Å².